The van der Waals surface area contributed by atoms with Gasteiger partial charge in [0.1, 0.15) is 0 Å². The zero-order valence-electron chi connectivity index (χ0n) is 14.6. The number of carbonyl (C=O) groups excluding carboxylic acids is 2. The molecule has 0 saturated heterocycles. The van der Waals surface area contributed by atoms with Crippen molar-refractivity contribution in [3.8, 4) is 0 Å². The summed E-state index contributed by atoms with van der Waals surface area (Å²) in [5.41, 5.74) is 0.0664. The van der Waals surface area contributed by atoms with Crippen LogP contribution in [0.1, 0.15) is 52.4 Å². The van der Waals surface area contributed by atoms with Crippen LogP contribution in [0.15, 0.2) is 0 Å². The number of likely N-dealkylation sites (N-methyl/N-ethyl adjacent to an activating group) is 2. The molecule has 5 nitrogen and oxygen atoms in total. The summed E-state index contributed by atoms with van der Waals surface area (Å²) in [5, 5.41) is 6.18. The summed E-state index contributed by atoms with van der Waals surface area (Å²) in [6, 6.07) is 0. The predicted molar refractivity (Wildman–Crippen MR) is 89.8 cm³/mol. The van der Waals surface area contributed by atoms with Crippen LogP contribution >= 0.6 is 0 Å². The van der Waals surface area contributed by atoms with Gasteiger partial charge in [-0.15, -0.1) is 0 Å². The van der Waals surface area contributed by atoms with E-state index in [1.165, 1.54) is 38.5 Å². The standard InChI is InChI=1S/C18H31N3O2/c1-3-19-16(22)11-21(4-2)12-17(23)20-18-8-13-5-14(9-18)7-15(6-13)10-18/h13-15H,3-12H2,1-2H3,(H,19,22)(H,20,23). The summed E-state index contributed by atoms with van der Waals surface area (Å²) in [5.74, 6) is 2.59. The summed E-state index contributed by atoms with van der Waals surface area (Å²) in [6.45, 7) is 5.89. The van der Waals surface area contributed by atoms with Crippen LogP contribution in [0.5, 0.6) is 0 Å². The van der Waals surface area contributed by atoms with Crippen molar-refractivity contribution in [1.82, 2.24) is 15.5 Å². The molecule has 23 heavy (non-hydrogen) atoms. The van der Waals surface area contributed by atoms with Crippen molar-refractivity contribution in [3.63, 3.8) is 0 Å². The van der Waals surface area contributed by atoms with Gasteiger partial charge in [0.2, 0.25) is 11.8 Å². The fourth-order valence-electron chi connectivity index (χ4n) is 5.54. The van der Waals surface area contributed by atoms with Crippen LogP contribution in [0.2, 0.25) is 0 Å². The molecule has 2 amide bonds. The lowest BCUT2D eigenvalue weighted by molar-refractivity contribution is -0.129. The normalized spacial score (nSPS) is 34.7. The maximum absolute atomic E-state index is 12.6. The third-order valence-corrected chi connectivity index (χ3v) is 6.00. The van der Waals surface area contributed by atoms with Crippen LogP contribution in [0.4, 0.5) is 0 Å². The van der Waals surface area contributed by atoms with Crippen molar-refractivity contribution in [2.75, 3.05) is 26.2 Å². The van der Waals surface area contributed by atoms with E-state index in [2.05, 4.69) is 10.6 Å². The molecule has 4 saturated carbocycles. The van der Waals surface area contributed by atoms with Crippen molar-refractivity contribution in [3.05, 3.63) is 0 Å². The molecule has 4 bridgehead atoms. The molecule has 4 rings (SSSR count). The fraction of sp³-hybridized carbons (Fsp3) is 0.889. The monoisotopic (exact) mass is 321 g/mol. The van der Waals surface area contributed by atoms with Gasteiger partial charge in [0.25, 0.3) is 0 Å². The van der Waals surface area contributed by atoms with Gasteiger partial charge in [-0.05, 0) is 69.7 Å². The Balaban J connectivity index is 1.53. The van der Waals surface area contributed by atoms with E-state index in [4.69, 9.17) is 0 Å². The maximum Gasteiger partial charge on any atom is 0.234 e. The highest BCUT2D eigenvalue weighted by Gasteiger charge is 2.51. The van der Waals surface area contributed by atoms with Crippen molar-refractivity contribution < 1.29 is 9.59 Å². The summed E-state index contributed by atoms with van der Waals surface area (Å²) in [4.78, 5) is 26.2. The quantitative estimate of drug-likeness (QED) is 0.747. The molecule has 0 atom stereocenters. The first-order valence-corrected chi connectivity index (χ1v) is 9.32. The lowest BCUT2D eigenvalue weighted by atomic mass is 9.53. The number of amides is 2. The third kappa shape index (κ3) is 3.87. The molecule has 130 valence electrons. The Labute approximate surface area is 139 Å². The lowest BCUT2D eigenvalue weighted by Crippen LogP contribution is -2.61. The van der Waals surface area contributed by atoms with Gasteiger partial charge in [0.05, 0.1) is 13.1 Å². The molecule has 0 heterocycles. The summed E-state index contributed by atoms with van der Waals surface area (Å²) in [7, 11) is 0. The van der Waals surface area contributed by atoms with Crippen LogP contribution in [0.25, 0.3) is 0 Å². The fourth-order valence-corrected chi connectivity index (χ4v) is 5.54. The van der Waals surface area contributed by atoms with Crippen molar-refractivity contribution in [1.29, 1.82) is 0 Å². The highest BCUT2D eigenvalue weighted by molar-refractivity contribution is 5.81. The Kier molecular flexibility index (Phi) is 4.95. The first-order valence-electron chi connectivity index (χ1n) is 9.32. The zero-order valence-corrected chi connectivity index (χ0v) is 14.6. The van der Waals surface area contributed by atoms with Gasteiger partial charge in [0.15, 0.2) is 0 Å². The number of nitrogens with one attached hydrogen (secondary N) is 2. The Bertz CT molecular complexity index is 428. The largest absolute Gasteiger partial charge is 0.355 e. The highest BCUT2D eigenvalue weighted by Crippen LogP contribution is 2.55. The topological polar surface area (TPSA) is 61.4 Å². The van der Waals surface area contributed by atoms with Crippen LogP contribution < -0.4 is 10.6 Å². The van der Waals surface area contributed by atoms with E-state index in [0.717, 1.165) is 17.8 Å². The van der Waals surface area contributed by atoms with Gasteiger partial charge >= 0.3 is 0 Å². The van der Waals surface area contributed by atoms with Gasteiger partial charge in [-0.25, -0.2) is 0 Å². The second kappa shape index (κ2) is 6.80. The minimum Gasteiger partial charge on any atom is -0.355 e. The van der Waals surface area contributed by atoms with Crippen molar-refractivity contribution in [2.24, 2.45) is 17.8 Å². The average Bonchev–Trinajstić information content (AvgIpc) is 2.44. The Hall–Kier alpha value is -1.10. The predicted octanol–water partition coefficient (Wildman–Crippen LogP) is 1.53. The molecular weight excluding hydrogens is 290 g/mol. The summed E-state index contributed by atoms with van der Waals surface area (Å²) in [6.07, 6.45) is 7.67. The summed E-state index contributed by atoms with van der Waals surface area (Å²) < 4.78 is 0. The zero-order chi connectivity index (χ0) is 16.4. The molecule has 0 aromatic carbocycles. The molecule has 0 aromatic rings. The van der Waals surface area contributed by atoms with Gasteiger partial charge in [-0.2, -0.15) is 0 Å². The van der Waals surface area contributed by atoms with Gasteiger partial charge < -0.3 is 10.6 Å². The van der Waals surface area contributed by atoms with E-state index < -0.39 is 0 Å². The number of hydrogen-bond donors (Lipinski definition) is 2. The average molecular weight is 321 g/mol. The molecule has 4 aliphatic carbocycles. The highest BCUT2D eigenvalue weighted by atomic mass is 16.2. The minimum atomic E-state index is -0.00282. The molecular formula is C18H31N3O2. The number of hydrogen-bond acceptors (Lipinski definition) is 3. The first-order chi connectivity index (χ1) is 11.0. The molecule has 4 aliphatic rings. The number of nitrogens with zero attached hydrogens (tertiary/aromatic N) is 1. The minimum absolute atomic E-state index is 0.00282. The van der Waals surface area contributed by atoms with Crippen molar-refractivity contribution in [2.45, 2.75) is 57.9 Å². The third-order valence-electron chi connectivity index (χ3n) is 6.00. The van der Waals surface area contributed by atoms with Gasteiger partial charge in [0, 0.05) is 12.1 Å². The van der Waals surface area contributed by atoms with E-state index in [1.807, 2.05) is 18.7 Å². The van der Waals surface area contributed by atoms with Gasteiger partial charge in [-0.3, -0.25) is 14.5 Å². The second-order valence-electron chi connectivity index (χ2n) is 8.00. The van der Waals surface area contributed by atoms with E-state index in [0.29, 0.717) is 26.2 Å². The Morgan fingerprint density at radius 1 is 0.957 bits per heavy atom. The van der Waals surface area contributed by atoms with E-state index in [9.17, 15) is 9.59 Å². The van der Waals surface area contributed by atoms with E-state index in [1.54, 1.807) is 0 Å². The molecule has 4 fully saturated rings. The molecule has 0 aliphatic heterocycles. The number of carbonyl (C=O) groups is 2. The van der Waals surface area contributed by atoms with E-state index >= 15 is 0 Å². The lowest BCUT2D eigenvalue weighted by Gasteiger charge is -2.57. The molecule has 0 radical (unpaired) electrons. The molecule has 2 N–H and O–H groups in total. The first kappa shape index (κ1) is 16.7. The molecule has 0 unspecified atom stereocenters. The number of rotatable bonds is 7. The van der Waals surface area contributed by atoms with Crippen LogP contribution in [-0.4, -0.2) is 48.4 Å². The Morgan fingerprint density at radius 2 is 1.48 bits per heavy atom. The van der Waals surface area contributed by atoms with E-state index in [-0.39, 0.29) is 17.4 Å². The van der Waals surface area contributed by atoms with Crippen LogP contribution in [0.3, 0.4) is 0 Å². The smallest absolute Gasteiger partial charge is 0.234 e. The van der Waals surface area contributed by atoms with Gasteiger partial charge in [-0.1, -0.05) is 6.92 Å². The molecule has 0 aromatic heterocycles. The van der Waals surface area contributed by atoms with Crippen LogP contribution in [-0.2, 0) is 9.59 Å². The second-order valence-corrected chi connectivity index (χ2v) is 8.00. The molecule has 5 heteroatoms. The summed E-state index contributed by atoms with van der Waals surface area (Å²) >= 11 is 0. The maximum atomic E-state index is 12.6. The SMILES string of the molecule is CCNC(=O)CN(CC)CC(=O)NC12CC3CC(CC(C3)C1)C2. The molecule has 0 spiro atoms. The van der Waals surface area contributed by atoms with Crippen LogP contribution in [0, 0.1) is 17.8 Å². The van der Waals surface area contributed by atoms with Crippen molar-refractivity contribution >= 4 is 11.8 Å². The Morgan fingerprint density at radius 3 is 1.96 bits per heavy atom.